The predicted molar refractivity (Wildman–Crippen MR) is 70.8 cm³/mol. The third kappa shape index (κ3) is 8.67. The second kappa shape index (κ2) is 6.18. The van der Waals surface area contributed by atoms with E-state index in [0.29, 0.717) is 0 Å². The van der Waals surface area contributed by atoms with Crippen LogP contribution in [0.5, 0.6) is 0 Å². The number of hydrogen-bond donors (Lipinski definition) is 0. The van der Waals surface area contributed by atoms with Gasteiger partial charge < -0.3 is 13.8 Å². The van der Waals surface area contributed by atoms with E-state index in [9.17, 15) is 9.36 Å². The zero-order valence-electron chi connectivity index (χ0n) is 12.4. The molecule has 0 aliphatic rings. The molecule has 0 saturated heterocycles. The van der Waals surface area contributed by atoms with Crippen molar-refractivity contribution in [2.24, 2.45) is 0 Å². The zero-order chi connectivity index (χ0) is 14.6. The number of ether oxygens (including phenoxy) is 1. The first-order valence-corrected chi connectivity index (χ1v) is 7.67. The number of hydrogen-bond acceptors (Lipinski definition) is 5. The van der Waals surface area contributed by atoms with Gasteiger partial charge in [0.25, 0.3) is 0 Å². The van der Waals surface area contributed by atoms with E-state index in [1.54, 1.807) is 41.5 Å². The van der Waals surface area contributed by atoms with Crippen LogP contribution in [-0.4, -0.2) is 30.4 Å². The molecule has 108 valence electrons. The monoisotopic (exact) mass is 280 g/mol. The molecule has 0 aromatic carbocycles. The molecule has 5 nitrogen and oxygen atoms in total. The number of methoxy groups -OCH3 is 1. The van der Waals surface area contributed by atoms with Crippen molar-refractivity contribution >= 4 is 13.6 Å². The van der Waals surface area contributed by atoms with Crippen LogP contribution in [0.15, 0.2) is 0 Å². The van der Waals surface area contributed by atoms with Crippen molar-refractivity contribution in [1.82, 2.24) is 0 Å². The Bertz CT molecular complexity index is 304. The molecule has 6 heteroatoms. The van der Waals surface area contributed by atoms with Crippen molar-refractivity contribution in [3.63, 3.8) is 0 Å². The number of carbonyl (C=O) groups is 1. The summed E-state index contributed by atoms with van der Waals surface area (Å²) >= 11 is 0. The van der Waals surface area contributed by atoms with E-state index >= 15 is 0 Å². The highest BCUT2D eigenvalue weighted by molar-refractivity contribution is 7.53. The van der Waals surface area contributed by atoms with Crippen LogP contribution >= 0.6 is 7.60 Å². The van der Waals surface area contributed by atoms with Crippen LogP contribution in [0.2, 0.25) is 0 Å². The lowest BCUT2D eigenvalue weighted by molar-refractivity contribution is -0.140. The number of carbonyl (C=O) groups excluding carboxylic acids is 1. The van der Waals surface area contributed by atoms with Gasteiger partial charge in [0.05, 0.1) is 30.9 Å². The molecule has 0 fully saturated rings. The molecule has 0 bridgehead atoms. The quantitative estimate of drug-likeness (QED) is 0.570. The molecule has 0 aromatic rings. The van der Waals surface area contributed by atoms with Crippen molar-refractivity contribution in [1.29, 1.82) is 0 Å². The lowest BCUT2D eigenvalue weighted by Gasteiger charge is -2.31. The fraction of sp³-hybridized carbons (Fsp3) is 0.917. The lowest BCUT2D eigenvalue weighted by atomic mass is 10.2. The Morgan fingerprint density at radius 1 is 1.00 bits per heavy atom. The Morgan fingerprint density at radius 2 is 1.39 bits per heavy atom. The van der Waals surface area contributed by atoms with Crippen molar-refractivity contribution in [3.05, 3.63) is 0 Å². The van der Waals surface area contributed by atoms with Gasteiger partial charge in [-0.05, 0) is 41.5 Å². The Hall–Kier alpha value is -0.380. The van der Waals surface area contributed by atoms with Crippen molar-refractivity contribution in [2.45, 2.75) is 59.2 Å². The summed E-state index contributed by atoms with van der Waals surface area (Å²) in [6.45, 7) is 10.8. The van der Waals surface area contributed by atoms with E-state index in [2.05, 4.69) is 4.74 Å². The highest BCUT2D eigenvalue weighted by Gasteiger charge is 2.35. The maximum atomic E-state index is 12.6. The summed E-state index contributed by atoms with van der Waals surface area (Å²) in [5.41, 5.74) is -1.20. The van der Waals surface area contributed by atoms with Gasteiger partial charge in [0, 0.05) is 0 Å². The van der Waals surface area contributed by atoms with Gasteiger partial charge in [-0.1, -0.05) is 0 Å². The summed E-state index contributed by atoms with van der Waals surface area (Å²) in [6.07, 6.45) is 0.0359. The van der Waals surface area contributed by atoms with Crippen molar-refractivity contribution in [3.8, 4) is 0 Å². The molecular formula is C12H25O5P. The topological polar surface area (TPSA) is 61.8 Å². The van der Waals surface area contributed by atoms with Crippen molar-refractivity contribution < 1.29 is 23.1 Å². The highest BCUT2D eigenvalue weighted by Crippen LogP contribution is 2.54. The molecular weight excluding hydrogens is 255 g/mol. The maximum absolute atomic E-state index is 12.6. The molecule has 0 amide bonds. The van der Waals surface area contributed by atoms with Gasteiger partial charge in [-0.15, -0.1) is 0 Å². The molecule has 0 N–H and O–H groups in total. The van der Waals surface area contributed by atoms with Crippen molar-refractivity contribution in [2.75, 3.05) is 13.3 Å². The van der Waals surface area contributed by atoms with Gasteiger partial charge in [0.15, 0.2) is 0 Å². The van der Waals surface area contributed by atoms with Crippen LogP contribution in [0, 0.1) is 0 Å². The van der Waals surface area contributed by atoms with E-state index < -0.39 is 24.8 Å². The normalized spacial score (nSPS) is 13.5. The second-order valence-corrected chi connectivity index (χ2v) is 8.10. The minimum atomic E-state index is -3.33. The molecule has 0 radical (unpaired) electrons. The molecule has 0 aliphatic heterocycles. The van der Waals surface area contributed by atoms with Crippen LogP contribution in [-0.2, 0) is 23.1 Å². The van der Waals surface area contributed by atoms with Crippen LogP contribution in [0.4, 0.5) is 0 Å². The first kappa shape index (κ1) is 17.6. The summed E-state index contributed by atoms with van der Waals surface area (Å²) in [4.78, 5) is 11.1. The molecule has 0 rings (SSSR count). The first-order chi connectivity index (χ1) is 7.87. The first-order valence-electron chi connectivity index (χ1n) is 5.94. The summed E-state index contributed by atoms with van der Waals surface area (Å²) in [7, 11) is -2.04. The zero-order valence-corrected chi connectivity index (χ0v) is 13.3. The molecule has 0 saturated carbocycles. The van der Waals surface area contributed by atoms with E-state index in [1.165, 1.54) is 7.11 Å². The predicted octanol–water partition coefficient (Wildman–Crippen LogP) is 3.37. The summed E-state index contributed by atoms with van der Waals surface area (Å²) < 4.78 is 28.2. The molecule has 0 aliphatic carbocycles. The van der Waals surface area contributed by atoms with Crippen LogP contribution in [0.25, 0.3) is 0 Å². The van der Waals surface area contributed by atoms with Gasteiger partial charge in [-0.2, -0.15) is 0 Å². The number of rotatable bonds is 5. The largest absolute Gasteiger partial charge is 0.469 e. The average Bonchev–Trinajstić information content (AvgIpc) is 2.07. The Labute approximate surface area is 110 Å². The molecule has 0 aromatic heterocycles. The Balaban J connectivity index is 4.82. The number of esters is 1. The van der Waals surface area contributed by atoms with Gasteiger partial charge in [0.1, 0.15) is 0 Å². The fourth-order valence-electron chi connectivity index (χ4n) is 1.27. The van der Waals surface area contributed by atoms with Crippen LogP contribution in [0.1, 0.15) is 48.0 Å². The van der Waals surface area contributed by atoms with Crippen LogP contribution < -0.4 is 0 Å². The standard InChI is InChI=1S/C12H25O5P/c1-11(2,3)16-18(14,17-12(4,5)6)9-8-10(13)15-7/h8-9H2,1-7H3. The molecule has 0 heterocycles. The average molecular weight is 280 g/mol. The summed E-state index contributed by atoms with van der Waals surface area (Å²) in [5, 5.41) is 0. The highest BCUT2D eigenvalue weighted by atomic mass is 31.2. The van der Waals surface area contributed by atoms with E-state index in [1.807, 2.05) is 0 Å². The molecule has 0 unspecified atom stereocenters. The van der Waals surface area contributed by atoms with Gasteiger partial charge in [-0.3, -0.25) is 9.36 Å². The van der Waals surface area contributed by atoms with E-state index in [4.69, 9.17) is 9.05 Å². The molecule has 0 atom stereocenters. The molecule has 0 spiro atoms. The van der Waals surface area contributed by atoms with Gasteiger partial charge in [0.2, 0.25) is 0 Å². The van der Waals surface area contributed by atoms with Gasteiger partial charge >= 0.3 is 13.6 Å². The minimum Gasteiger partial charge on any atom is -0.469 e. The molecule has 18 heavy (non-hydrogen) atoms. The Morgan fingerprint density at radius 3 is 1.67 bits per heavy atom. The van der Waals surface area contributed by atoms with E-state index in [0.717, 1.165) is 0 Å². The van der Waals surface area contributed by atoms with E-state index in [-0.39, 0.29) is 12.6 Å². The Kier molecular flexibility index (Phi) is 6.05. The van der Waals surface area contributed by atoms with Gasteiger partial charge in [-0.25, -0.2) is 0 Å². The fourth-order valence-corrected chi connectivity index (χ4v) is 3.62. The smallest absolute Gasteiger partial charge is 0.332 e. The maximum Gasteiger partial charge on any atom is 0.332 e. The third-order valence-corrected chi connectivity index (χ3v) is 4.07. The van der Waals surface area contributed by atoms with Crippen LogP contribution in [0.3, 0.4) is 0 Å². The minimum absolute atomic E-state index is 0.0138. The third-order valence-electron chi connectivity index (χ3n) is 1.64. The lowest BCUT2D eigenvalue weighted by Crippen LogP contribution is -2.25. The second-order valence-electron chi connectivity index (χ2n) is 6.07. The summed E-state index contributed by atoms with van der Waals surface area (Å²) in [6, 6.07) is 0. The summed E-state index contributed by atoms with van der Waals surface area (Å²) in [5.74, 6) is -0.426. The SMILES string of the molecule is COC(=O)CCP(=O)(OC(C)(C)C)OC(C)(C)C.